The van der Waals surface area contributed by atoms with Gasteiger partial charge in [0.2, 0.25) is 0 Å². The van der Waals surface area contributed by atoms with E-state index in [0.717, 1.165) is 0 Å². The van der Waals surface area contributed by atoms with E-state index in [1.54, 1.807) is 0 Å². The average molecular weight is 113 g/mol. The SMILES string of the molecule is [CH2]C(C)N(C)C([CH2])C. The van der Waals surface area contributed by atoms with Crippen molar-refractivity contribution in [1.82, 2.24) is 4.90 Å². The van der Waals surface area contributed by atoms with Crippen molar-refractivity contribution in [2.45, 2.75) is 25.9 Å². The summed E-state index contributed by atoms with van der Waals surface area (Å²) in [6.45, 7) is 11.8. The molecule has 0 aliphatic carbocycles. The quantitative estimate of drug-likeness (QED) is 0.522. The summed E-state index contributed by atoms with van der Waals surface area (Å²) >= 11 is 0. The Balaban J connectivity index is 3.46. The van der Waals surface area contributed by atoms with Crippen molar-refractivity contribution < 1.29 is 0 Å². The highest BCUT2D eigenvalue weighted by molar-refractivity contribution is 4.72. The highest BCUT2D eigenvalue weighted by atomic mass is 15.1. The monoisotopic (exact) mass is 113 g/mol. The summed E-state index contributed by atoms with van der Waals surface area (Å²) in [4.78, 5) is 2.11. The van der Waals surface area contributed by atoms with Crippen LogP contribution in [0.25, 0.3) is 0 Å². The number of nitrogens with zero attached hydrogens (tertiary/aromatic N) is 1. The van der Waals surface area contributed by atoms with Crippen molar-refractivity contribution in [3.63, 3.8) is 0 Å². The first-order valence-corrected chi connectivity index (χ1v) is 2.93. The fraction of sp³-hybridized carbons (Fsp3) is 0.714. The van der Waals surface area contributed by atoms with Crippen LogP contribution in [-0.4, -0.2) is 24.0 Å². The number of rotatable bonds is 2. The predicted molar refractivity (Wildman–Crippen MR) is 37.4 cm³/mol. The van der Waals surface area contributed by atoms with Gasteiger partial charge in [0.05, 0.1) is 0 Å². The molecule has 0 saturated carbocycles. The van der Waals surface area contributed by atoms with Gasteiger partial charge in [-0.1, -0.05) is 0 Å². The molecular weight excluding hydrogens is 98.1 g/mol. The van der Waals surface area contributed by atoms with Crippen molar-refractivity contribution in [2.75, 3.05) is 7.05 Å². The van der Waals surface area contributed by atoms with Crippen LogP contribution in [0.3, 0.4) is 0 Å². The van der Waals surface area contributed by atoms with Crippen molar-refractivity contribution in [3.8, 4) is 0 Å². The highest BCUT2D eigenvalue weighted by Gasteiger charge is 2.05. The van der Waals surface area contributed by atoms with Crippen LogP contribution < -0.4 is 0 Å². The Bertz CT molecular complexity index is 49.4. The Morgan fingerprint density at radius 2 is 1.38 bits per heavy atom. The molecule has 1 nitrogen and oxygen atoms in total. The molecule has 0 heterocycles. The van der Waals surface area contributed by atoms with Crippen LogP contribution in [-0.2, 0) is 0 Å². The standard InChI is InChI=1S/C7H15N/c1-6(2)8(5)7(3)4/h6-7H,1,3H2,2,4-5H3. The minimum absolute atomic E-state index is 0.363. The molecule has 0 aromatic carbocycles. The molecule has 48 valence electrons. The Kier molecular flexibility index (Phi) is 3.06. The molecule has 0 rings (SSSR count). The van der Waals surface area contributed by atoms with Gasteiger partial charge in [-0.15, -0.1) is 0 Å². The molecule has 0 N–H and O–H groups in total. The van der Waals surface area contributed by atoms with Gasteiger partial charge in [0.1, 0.15) is 0 Å². The maximum absolute atomic E-state index is 3.85. The maximum atomic E-state index is 3.85. The minimum atomic E-state index is 0.363. The molecule has 2 unspecified atom stereocenters. The molecule has 0 aromatic heterocycles. The van der Waals surface area contributed by atoms with Gasteiger partial charge >= 0.3 is 0 Å². The second-order valence-corrected chi connectivity index (χ2v) is 2.36. The molecule has 0 saturated heterocycles. The highest BCUT2D eigenvalue weighted by Crippen LogP contribution is 1.97. The largest absolute Gasteiger partial charge is 0.301 e. The fourth-order valence-corrected chi connectivity index (χ4v) is 0.434. The van der Waals surface area contributed by atoms with Crippen LogP contribution in [0.15, 0.2) is 0 Å². The van der Waals surface area contributed by atoms with Crippen LogP contribution in [0.2, 0.25) is 0 Å². The molecule has 2 radical (unpaired) electrons. The van der Waals surface area contributed by atoms with Crippen LogP contribution in [0.1, 0.15) is 13.8 Å². The molecule has 8 heavy (non-hydrogen) atoms. The molecule has 0 fully saturated rings. The molecule has 2 atom stereocenters. The van der Waals surface area contributed by atoms with Crippen molar-refractivity contribution in [1.29, 1.82) is 0 Å². The van der Waals surface area contributed by atoms with E-state index in [1.807, 2.05) is 7.05 Å². The Morgan fingerprint density at radius 3 is 1.38 bits per heavy atom. The van der Waals surface area contributed by atoms with E-state index in [1.165, 1.54) is 0 Å². The van der Waals surface area contributed by atoms with E-state index in [-0.39, 0.29) is 0 Å². The first-order chi connectivity index (χ1) is 3.55. The third-order valence-corrected chi connectivity index (χ3v) is 1.39. The first-order valence-electron chi connectivity index (χ1n) is 2.93. The summed E-state index contributed by atoms with van der Waals surface area (Å²) in [6, 6.07) is 0.727. The van der Waals surface area contributed by atoms with Gasteiger partial charge in [-0.05, 0) is 34.7 Å². The zero-order chi connectivity index (χ0) is 6.73. The third kappa shape index (κ3) is 2.31. The smallest absolute Gasteiger partial charge is 0.00672 e. The lowest BCUT2D eigenvalue weighted by molar-refractivity contribution is 0.258. The molecule has 0 bridgehead atoms. The van der Waals surface area contributed by atoms with E-state index in [0.29, 0.717) is 12.1 Å². The van der Waals surface area contributed by atoms with E-state index >= 15 is 0 Å². The summed E-state index contributed by atoms with van der Waals surface area (Å²) in [5.74, 6) is 0. The number of hydrogen-bond donors (Lipinski definition) is 0. The average Bonchev–Trinajstić information content (AvgIpc) is 1.64. The van der Waals surface area contributed by atoms with E-state index in [2.05, 4.69) is 32.6 Å². The van der Waals surface area contributed by atoms with Gasteiger partial charge in [-0.25, -0.2) is 0 Å². The lowest BCUT2D eigenvalue weighted by Gasteiger charge is -2.24. The first kappa shape index (κ1) is 7.96. The fourth-order valence-electron chi connectivity index (χ4n) is 0.434. The summed E-state index contributed by atoms with van der Waals surface area (Å²) in [5.41, 5.74) is 0. The predicted octanol–water partition coefficient (Wildman–Crippen LogP) is 1.36. The number of hydrogen-bond acceptors (Lipinski definition) is 1. The van der Waals surface area contributed by atoms with Gasteiger partial charge in [-0.3, -0.25) is 0 Å². The van der Waals surface area contributed by atoms with Crippen molar-refractivity contribution in [2.24, 2.45) is 0 Å². The molecule has 0 aliphatic heterocycles. The molecule has 0 spiro atoms. The van der Waals surface area contributed by atoms with Crippen molar-refractivity contribution >= 4 is 0 Å². The molecule has 0 aromatic rings. The maximum Gasteiger partial charge on any atom is 0.00672 e. The lowest BCUT2D eigenvalue weighted by atomic mass is 10.3. The summed E-state index contributed by atoms with van der Waals surface area (Å²) in [7, 11) is 2.02. The summed E-state index contributed by atoms with van der Waals surface area (Å²) < 4.78 is 0. The van der Waals surface area contributed by atoms with E-state index < -0.39 is 0 Å². The zero-order valence-corrected chi connectivity index (χ0v) is 6.02. The third-order valence-electron chi connectivity index (χ3n) is 1.39. The summed E-state index contributed by atoms with van der Waals surface area (Å²) in [5, 5.41) is 0. The van der Waals surface area contributed by atoms with Gasteiger partial charge in [0.25, 0.3) is 0 Å². The van der Waals surface area contributed by atoms with Crippen LogP contribution in [0.5, 0.6) is 0 Å². The lowest BCUT2D eigenvalue weighted by Crippen LogP contribution is -2.33. The minimum Gasteiger partial charge on any atom is -0.301 e. The second kappa shape index (κ2) is 3.08. The Labute approximate surface area is 52.7 Å². The van der Waals surface area contributed by atoms with Gasteiger partial charge in [-0.2, -0.15) is 0 Å². The van der Waals surface area contributed by atoms with Crippen molar-refractivity contribution in [3.05, 3.63) is 13.8 Å². The second-order valence-electron chi connectivity index (χ2n) is 2.36. The molecular formula is C7H15N. The zero-order valence-electron chi connectivity index (χ0n) is 6.02. The normalized spacial score (nSPS) is 12.0. The Morgan fingerprint density at radius 1 is 1.12 bits per heavy atom. The molecule has 0 amide bonds. The van der Waals surface area contributed by atoms with Gasteiger partial charge < -0.3 is 4.90 Å². The van der Waals surface area contributed by atoms with Gasteiger partial charge in [0.15, 0.2) is 0 Å². The molecule has 1 heteroatoms. The van der Waals surface area contributed by atoms with E-state index in [4.69, 9.17) is 0 Å². The molecule has 0 aliphatic rings. The topological polar surface area (TPSA) is 3.24 Å². The van der Waals surface area contributed by atoms with Crippen LogP contribution in [0.4, 0.5) is 0 Å². The van der Waals surface area contributed by atoms with Crippen LogP contribution in [0, 0.1) is 13.8 Å². The van der Waals surface area contributed by atoms with Gasteiger partial charge in [0, 0.05) is 12.1 Å². The van der Waals surface area contributed by atoms with E-state index in [9.17, 15) is 0 Å². The summed E-state index contributed by atoms with van der Waals surface area (Å²) in [6.07, 6.45) is 0. The Hall–Kier alpha value is -0.0400. The van der Waals surface area contributed by atoms with Crippen LogP contribution >= 0.6 is 0 Å².